The van der Waals surface area contributed by atoms with Crippen LogP contribution in [0.5, 0.6) is 0 Å². The Hall–Kier alpha value is -1.16. The average molecular weight is 329 g/mol. The van der Waals surface area contributed by atoms with E-state index in [1.165, 1.54) is 77.4 Å². The van der Waals surface area contributed by atoms with Gasteiger partial charge in [-0.15, -0.1) is 0 Å². The molecule has 0 atom stereocenters. The van der Waals surface area contributed by atoms with Gasteiger partial charge >= 0.3 is 0 Å². The van der Waals surface area contributed by atoms with E-state index >= 15 is 0 Å². The summed E-state index contributed by atoms with van der Waals surface area (Å²) in [6.45, 7) is 4.54. The van der Waals surface area contributed by atoms with E-state index in [2.05, 4.69) is 10.00 Å². The molecule has 4 heteroatoms. The molecule has 3 fully saturated rings. The minimum atomic E-state index is 0.0732. The predicted molar refractivity (Wildman–Crippen MR) is 96.2 cm³/mol. The van der Waals surface area contributed by atoms with Crippen LogP contribution in [0.25, 0.3) is 0 Å². The second kappa shape index (κ2) is 7.38. The molecule has 0 spiro atoms. The Kier molecular flexibility index (Phi) is 5.02. The summed E-state index contributed by atoms with van der Waals surface area (Å²) in [5, 5.41) is 4.63. The Morgan fingerprint density at radius 2 is 1.58 bits per heavy atom. The zero-order valence-electron chi connectivity index (χ0n) is 14.8. The third-order valence-corrected chi connectivity index (χ3v) is 6.26. The highest BCUT2D eigenvalue weighted by atomic mass is 16.1. The summed E-state index contributed by atoms with van der Waals surface area (Å²) in [7, 11) is 0. The number of likely N-dealkylation sites (tertiary alicyclic amines) is 1. The molecule has 0 unspecified atom stereocenters. The lowest BCUT2D eigenvalue weighted by atomic mass is 9.88. The van der Waals surface area contributed by atoms with Crippen LogP contribution in [0.4, 0.5) is 0 Å². The first-order valence-corrected chi connectivity index (χ1v) is 10.1. The molecular weight excluding hydrogens is 298 g/mol. The molecule has 132 valence electrons. The maximum absolute atomic E-state index is 12.1. The first kappa shape index (κ1) is 16.3. The second-order valence-electron chi connectivity index (χ2n) is 8.30. The molecule has 1 aliphatic heterocycles. The lowest BCUT2D eigenvalue weighted by Crippen LogP contribution is -2.39. The molecule has 2 aliphatic carbocycles. The van der Waals surface area contributed by atoms with E-state index in [1.54, 1.807) is 10.7 Å². The SMILES string of the molecule is O=c1ccc(C2CC2)nn1CC1CCN(CC2CCCCC2)CC1. The zero-order chi connectivity index (χ0) is 16.4. The summed E-state index contributed by atoms with van der Waals surface area (Å²) in [6, 6.07) is 3.65. The van der Waals surface area contributed by atoms with Crippen LogP contribution >= 0.6 is 0 Å². The van der Waals surface area contributed by atoms with Gasteiger partial charge in [0, 0.05) is 25.1 Å². The lowest BCUT2D eigenvalue weighted by molar-refractivity contribution is 0.136. The maximum Gasteiger partial charge on any atom is 0.266 e. The highest BCUT2D eigenvalue weighted by molar-refractivity contribution is 5.12. The van der Waals surface area contributed by atoms with Gasteiger partial charge in [0.15, 0.2) is 0 Å². The number of aromatic nitrogens is 2. The van der Waals surface area contributed by atoms with Crippen molar-refractivity contribution in [2.45, 2.75) is 70.3 Å². The van der Waals surface area contributed by atoms with Gasteiger partial charge in [-0.05, 0) is 69.5 Å². The van der Waals surface area contributed by atoms with Gasteiger partial charge in [-0.1, -0.05) is 19.3 Å². The van der Waals surface area contributed by atoms with Crippen LogP contribution in [-0.4, -0.2) is 34.3 Å². The topological polar surface area (TPSA) is 38.1 Å². The highest BCUT2D eigenvalue weighted by Crippen LogP contribution is 2.38. The van der Waals surface area contributed by atoms with Crippen LogP contribution in [0.15, 0.2) is 16.9 Å². The minimum absolute atomic E-state index is 0.0732. The summed E-state index contributed by atoms with van der Waals surface area (Å²) in [6.07, 6.45) is 12.1. The van der Waals surface area contributed by atoms with Gasteiger partial charge in [0.1, 0.15) is 0 Å². The lowest BCUT2D eigenvalue weighted by Gasteiger charge is -2.35. The summed E-state index contributed by atoms with van der Waals surface area (Å²) >= 11 is 0. The standard InChI is InChI=1S/C20H31N3O/c24-20-9-8-19(18-6-7-18)21-23(20)15-17-10-12-22(13-11-17)14-16-4-2-1-3-5-16/h8-9,16-18H,1-7,10-15H2. The van der Waals surface area contributed by atoms with Crippen LogP contribution in [0, 0.1) is 11.8 Å². The molecule has 0 N–H and O–H groups in total. The van der Waals surface area contributed by atoms with Crippen molar-refractivity contribution in [1.29, 1.82) is 0 Å². The Bertz CT molecular complexity index is 593. The summed E-state index contributed by atoms with van der Waals surface area (Å²) in [5.74, 6) is 2.18. The van der Waals surface area contributed by atoms with E-state index in [-0.39, 0.29) is 5.56 Å². The van der Waals surface area contributed by atoms with E-state index in [9.17, 15) is 4.79 Å². The summed E-state index contributed by atoms with van der Waals surface area (Å²) in [5.41, 5.74) is 1.20. The van der Waals surface area contributed by atoms with Crippen molar-refractivity contribution >= 4 is 0 Å². The molecule has 0 bridgehead atoms. The van der Waals surface area contributed by atoms with E-state index in [0.29, 0.717) is 11.8 Å². The summed E-state index contributed by atoms with van der Waals surface area (Å²) < 4.78 is 1.75. The maximum atomic E-state index is 12.1. The zero-order valence-corrected chi connectivity index (χ0v) is 14.8. The van der Waals surface area contributed by atoms with E-state index < -0.39 is 0 Å². The molecule has 1 aromatic rings. The van der Waals surface area contributed by atoms with Gasteiger partial charge in [0.25, 0.3) is 5.56 Å². The van der Waals surface area contributed by atoms with E-state index in [4.69, 9.17) is 0 Å². The summed E-state index contributed by atoms with van der Waals surface area (Å²) in [4.78, 5) is 14.8. The van der Waals surface area contributed by atoms with Crippen molar-refractivity contribution in [3.63, 3.8) is 0 Å². The van der Waals surface area contributed by atoms with Gasteiger partial charge in [-0.3, -0.25) is 4.79 Å². The van der Waals surface area contributed by atoms with Crippen LogP contribution in [0.1, 0.15) is 69.4 Å². The van der Waals surface area contributed by atoms with Crippen molar-refractivity contribution in [2.24, 2.45) is 11.8 Å². The third kappa shape index (κ3) is 4.08. The first-order valence-electron chi connectivity index (χ1n) is 10.1. The van der Waals surface area contributed by atoms with Gasteiger partial charge in [-0.2, -0.15) is 5.10 Å². The molecule has 0 aromatic carbocycles. The molecule has 3 aliphatic rings. The fourth-order valence-electron chi connectivity index (χ4n) is 4.52. The largest absolute Gasteiger partial charge is 0.303 e. The Morgan fingerprint density at radius 1 is 0.875 bits per heavy atom. The second-order valence-corrected chi connectivity index (χ2v) is 8.30. The van der Waals surface area contributed by atoms with Crippen LogP contribution < -0.4 is 5.56 Å². The number of piperidine rings is 1. The fourth-order valence-corrected chi connectivity index (χ4v) is 4.52. The molecule has 1 saturated heterocycles. The number of hydrogen-bond acceptors (Lipinski definition) is 3. The quantitative estimate of drug-likeness (QED) is 0.831. The fraction of sp³-hybridized carbons (Fsp3) is 0.800. The highest BCUT2D eigenvalue weighted by Gasteiger charge is 2.27. The van der Waals surface area contributed by atoms with Crippen molar-refractivity contribution in [2.75, 3.05) is 19.6 Å². The normalized spacial score (nSPS) is 24.3. The van der Waals surface area contributed by atoms with Gasteiger partial charge in [-0.25, -0.2) is 4.68 Å². The monoisotopic (exact) mass is 329 g/mol. The first-order chi connectivity index (χ1) is 11.8. The Balaban J connectivity index is 1.28. The molecule has 24 heavy (non-hydrogen) atoms. The molecule has 4 nitrogen and oxygen atoms in total. The smallest absolute Gasteiger partial charge is 0.266 e. The molecule has 0 radical (unpaired) electrons. The minimum Gasteiger partial charge on any atom is -0.303 e. The van der Waals surface area contributed by atoms with Crippen molar-refractivity contribution in [3.8, 4) is 0 Å². The van der Waals surface area contributed by atoms with Crippen LogP contribution in [-0.2, 0) is 6.54 Å². The molecular formula is C20H31N3O. The van der Waals surface area contributed by atoms with Crippen molar-refractivity contribution in [3.05, 3.63) is 28.2 Å². The molecule has 1 aromatic heterocycles. The number of nitrogens with zero attached hydrogens (tertiary/aromatic N) is 3. The Labute approximate surface area is 145 Å². The Morgan fingerprint density at radius 3 is 2.29 bits per heavy atom. The van der Waals surface area contributed by atoms with Gasteiger partial charge < -0.3 is 4.90 Å². The number of hydrogen-bond donors (Lipinski definition) is 0. The van der Waals surface area contributed by atoms with E-state index in [1.807, 2.05) is 6.07 Å². The molecule has 2 saturated carbocycles. The molecule has 2 heterocycles. The number of rotatable bonds is 5. The molecule has 4 rings (SSSR count). The van der Waals surface area contributed by atoms with Crippen molar-refractivity contribution < 1.29 is 0 Å². The van der Waals surface area contributed by atoms with Crippen molar-refractivity contribution in [1.82, 2.24) is 14.7 Å². The van der Waals surface area contributed by atoms with Gasteiger partial charge in [0.2, 0.25) is 0 Å². The predicted octanol–water partition coefficient (Wildman–Crippen LogP) is 3.41. The van der Waals surface area contributed by atoms with Gasteiger partial charge in [0.05, 0.1) is 5.69 Å². The van der Waals surface area contributed by atoms with Crippen LogP contribution in [0.2, 0.25) is 0 Å². The molecule has 0 amide bonds. The average Bonchev–Trinajstić information content (AvgIpc) is 3.45. The van der Waals surface area contributed by atoms with Crippen LogP contribution in [0.3, 0.4) is 0 Å². The third-order valence-electron chi connectivity index (χ3n) is 6.26. The van der Waals surface area contributed by atoms with E-state index in [0.717, 1.165) is 18.2 Å².